The average Bonchev–Trinajstić information content (AvgIpc) is 2.24. The molecule has 84 valence electrons. The summed E-state index contributed by atoms with van der Waals surface area (Å²) < 4.78 is 0. The molecular weight excluding hydrogens is 188 g/mol. The summed E-state index contributed by atoms with van der Waals surface area (Å²) in [6.07, 6.45) is 1.59. The fourth-order valence-electron chi connectivity index (χ4n) is 1.72. The topological polar surface area (TPSA) is 40.5 Å². The quantitative estimate of drug-likeness (QED) is 0.778. The highest BCUT2D eigenvalue weighted by Gasteiger charge is 2.10. The molecule has 0 aliphatic rings. The Morgan fingerprint density at radius 3 is 2.40 bits per heavy atom. The zero-order valence-corrected chi connectivity index (χ0v) is 9.53. The van der Waals surface area contributed by atoms with E-state index < -0.39 is 0 Å². The van der Waals surface area contributed by atoms with Crippen molar-refractivity contribution >= 4 is 0 Å². The van der Waals surface area contributed by atoms with Gasteiger partial charge in [0.1, 0.15) is 0 Å². The van der Waals surface area contributed by atoms with Crippen molar-refractivity contribution in [3.05, 3.63) is 34.9 Å². The van der Waals surface area contributed by atoms with Crippen LogP contribution in [0.15, 0.2) is 18.2 Å². The van der Waals surface area contributed by atoms with Gasteiger partial charge in [0.15, 0.2) is 0 Å². The molecule has 0 fully saturated rings. The first-order chi connectivity index (χ1) is 7.19. The molecule has 2 N–H and O–H groups in total. The van der Waals surface area contributed by atoms with Crippen LogP contribution >= 0.6 is 0 Å². The number of benzene rings is 1. The van der Waals surface area contributed by atoms with Crippen LogP contribution in [0.4, 0.5) is 0 Å². The number of aliphatic hydroxyl groups is 2. The van der Waals surface area contributed by atoms with Gasteiger partial charge >= 0.3 is 0 Å². The maximum atomic E-state index is 9.28. The van der Waals surface area contributed by atoms with E-state index in [0.29, 0.717) is 0 Å². The van der Waals surface area contributed by atoms with Crippen molar-refractivity contribution in [1.82, 2.24) is 0 Å². The molecule has 0 saturated carbocycles. The van der Waals surface area contributed by atoms with Gasteiger partial charge in [0.25, 0.3) is 0 Å². The summed E-state index contributed by atoms with van der Waals surface area (Å²) in [6, 6.07) is 6.29. The lowest BCUT2D eigenvalue weighted by molar-refractivity contribution is 0.237. The molecule has 1 unspecified atom stereocenters. The van der Waals surface area contributed by atoms with Gasteiger partial charge in [-0.2, -0.15) is 0 Å². The normalized spacial score (nSPS) is 12.8. The van der Waals surface area contributed by atoms with Gasteiger partial charge in [0, 0.05) is 19.1 Å². The zero-order valence-electron chi connectivity index (χ0n) is 9.53. The summed E-state index contributed by atoms with van der Waals surface area (Å²) in [7, 11) is 0. The molecule has 0 amide bonds. The largest absolute Gasteiger partial charge is 0.396 e. The lowest BCUT2D eigenvalue weighted by Gasteiger charge is -2.15. The molecule has 0 saturated heterocycles. The lowest BCUT2D eigenvalue weighted by Crippen LogP contribution is -2.05. The minimum atomic E-state index is 0.155. The summed E-state index contributed by atoms with van der Waals surface area (Å²) in [5.41, 5.74) is 3.71. The summed E-state index contributed by atoms with van der Waals surface area (Å²) in [6.45, 7) is 4.52. The van der Waals surface area contributed by atoms with Gasteiger partial charge in [-0.25, -0.2) is 0 Å². The zero-order chi connectivity index (χ0) is 11.3. The third kappa shape index (κ3) is 3.33. The van der Waals surface area contributed by atoms with Crippen molar-refractivity contribution in [2.24, 2.45) is 0 Å². The van der Waals surface area contributed by atoms with E-state index in [1.54, 1.807) is 0 Å². The van der Waals surface area contributed by atoms with E-state index in [0.717, 1.165) is 12.8 Å². The van der Waals surface area contributed by atoms with E-state index in [9.17, 15) is 5.11 Å². The Hall–Kier alpha value is -0.860. The molecule has 0 aliphatic carbocycles. The Kier molecular flexibility index (Phi) is 4.79. The Balaban J connectivity index is 2.78. The predicted molar refractivity (Wildman–Crippen MR) is 62.1 cm³/mol. The molecule has 2 heteroatoms. The van der Waals surface area contributed by atoms with Crippen LogP contribution in [0.25, 0.3) is 0 Å². The first-order valence-corrected chi connectivity index (χ1v) is 5.48. The van der Waals surface area contributed by atoms with Crippen molar-refractivity contribution in [2.75, 3.05) is 13.2 Å². The molecule has 1 aromatic rings. The Labute approximate surface area is 91.6 Å². The van der Waals surface area contributed by atoms with Gasteiger partial charge in [-0.05, 0) is 43.4 Å². The minimum absolute atomic E-state index is 0.155. The van der Waals surface area contributed by atoms with Crippen molar-refractivity contribution in [1.29, 1.82) is 0 Å². The maximum Gasteiger partial charge on any atom is 0.0499 e. The summed E-state index contributed by atoms with van der Waals surface area (Å²) in [4.78, 5) is 0. The second kappa shape index (κ2) is 5.89. The van der Waals surface area contributed by atoms with Gasteiger partial charge in [-0.15, -0.1) is 0 Å². The molecule has 15 heavy (non-hydrogen) atoms. The van der Waals surface area contributed by atoms with E-state index in [1.165, 1.54) is 16.7 Å². The van der Waals surface area contributed by atoms with E-state index in [-0.39, 0.29) is 19.1 Å². The van der Waals surface area contributed by atoms with Crippen LogP contribution in [0.5, 0.6) is 0 Å². The molecule has 0 aliphatic heterocycles. The van der Waals surface area contributed by atoms with E-state index in [1.807, 2.05) is 0 Å². The number of hydrogen-bond acceptors (Lipinski definition) is 2. The third-order valence-corrected chi connectivity index (χ3v) is 2.93. The molecular formula is C13H20O2. The fraction of sp³-hybridized carbons (Fsp3) is 0.538. The second-order valence-electron chi connectivity index (χ2n) is 4.09. The van der Waals surface area contributed by atoms with E-state index in [2.05, 4.69) is 32.0 Å². The number of aryl methyl sites for hydroxylation is 2. The first kappa shape index (κ1) is 12.2. The van der Waals surface area contributed by atoms with Crippen LogP contribution < -0.4 is 0 Å². The van der Waals surface area contributed by atoms with Crippen molar-refractivity contribution in [3.63, 3.8) is 0 Å². The van der Waals surface area contributed by atoms with Crippen LogP contribution in [0, 0.1) is 13.8 Å². The number of aliphatic hydroxyl groups excluding tert-OH is 2. The Morgan fingerprint density at radius 1 is 1.13 bits per heavy atom. The summed E-state index contributed by atoms with van der Waals surface area (Å²) in [5.74, 6) is 0.163. The van der Waals surface area contributed by atoms with Crippen LogP contribution in [-0.4, -0.2) is 23.4 Å². The SMILES string of the molecule is Cc1ccc(C(CO)CCCO)cc1C. The first-order valence-electron chi connectivity index (χ1n) is 5.48. The molecule has 0 radical (unpaired) electrons. The van der Waals surface area contributed by atoms with Gasteiger partial charge < -0.3 is 10.2 Å². The fourth-order valence-corrected chi connectivity index (χ4v) is 1.72. The van der Waals surface area contributed by atoms with E-state index >= 15 is 0 Å². The third-order valence-electron chi connectivity index (χ3n) is 2.93. The Bertz CT molecular complexity index is 307. The monoisotopic (exact) mass is 208 g/mol. The number of hydrogen-bond donors (Lipinski definition) is 2. The van der Waals surface area contributed by atoms with Gasteiger partial charge in [-0.3, -0.25) is 0 Å². The highest BCUT2D eigenvalue weighted by molar-refractivity contribution is 5.32. The molecule has 1 aromatic carbocycles. The highest BCUT2D eigenvalue weighted by Crippen LogP contribution is 2.22. The molecule has 0 spiro atoms. The highest BCUT2D eigenvalue weighted by atomic mass is 16.3. The minimum Gasteiger partial charge on any atom is -0.396 e. The molecule has 1 rings (SSSR count). The molecule has 0 heterocycles. The van der Waals surface area contributed by atoms with Crippen molar-refractivity contribution in [2.45, 2.75) is 32.6 Å². The smallest absolute Gasteiger partial charge is 0.0499 e. The number of rotatable bonds is 5. The average molecular weight is 208 g/mol. The standard InChI is InChI=1S/C13H20O2/c1-10-5-6-12(8-11(10)2)13(9-15)4-3-7-14/h5-6,8,13-15H,3-4,7,9H2,1-2H3. The summed E-state index contributed by atoms with van der Waals surface area (Å²) in [5, 5.41) is 18.1. The van der Waals surface area contributed by atoms with Gasteiger partial charge in [-0.1, -0.05) is 18.2 Å². The van der Waals surface area contributed by atoms with Crippen molar-refractivity contribution in [3.8, 4) is 0 Å². The van der Waals surface area contributed by atoms with Crippen LogP contribution in [0.2, 0.25) is 0 Å². The van der Waals surface area contributed by atoms with Crippen LogP contribution in [0.1, 0.15) is 35.4 Å². The molecule has 1 atom stereocenters. The molecule has 0 aromatic heterocycles. The summed E-state index contributed by atoms with van der Waals surface area (Å²) >= 11 is 0. The molecule has 0 bridgehead atoms. The van der Waals surface area contributed by atoms with E-state index in [4.69, 9.17) is 5.11 Å². The van der Waals surface area contributed by atoms with Gasteiger partial charge in [0.2, 0.25) is 0 Å². The molecule has 2 nitrogen and oxygen atoms in total. The van der Waals surface area contributed by atoms with Gasteiger partial charge in [0.05, 0.1) is 0 Å². The van der Waals surface area contributed by atoms with Crippen LogP contribution in [0.3, 0.4) is 0 Å². The van der Waals surface area contributed by atoms with Crippen molar-refractivity contribution < 1.29 is 10.2 Å². The Morgan fingerprint density at radius 2 is 1.87 bits per heavy atom. The van der Waals surface area contributed by atoms with Crippen LogP contribution in [-0.2, 0) is 0 Å². The lowest BCUT2D eigenvalue weighted by atomic mass is 9.92. The maximum absolute atomic E-state index is 9.28. The second-order valence-corrected chi connectivity index (χ2v) is 4.09. The predicted octanol–water partition coefficient (Wildman–Crippen LogP) is 2.15.